The molecule has 1 heterocycles. The Morgan fingerprint density at radius 3 is 0.687 bits per heavy atom. The highest BCUT2D eigenvalue weighted by atomic mass is 32.1. The first-order valence-electron chi connectivity index (χ1n) is 23.0. The van der Waals surface area contributed by atoms with Gasteiger partial charge >= 0.3 is 0 Å². The van der Waals surface area contributed by atoms with Gasteiger partial charge in [0.25, 0.3) is 0 Å². The highest BCUT2D eigenvalue weighted by Crippen LogP contribution is 2.44. The van der Waals surface area contributed by atoms with Crippen LogP contribution in [0.4, 0.5) is 0 Å². The van der Waals surface area contributed by atoms with Crippen molar-refractivity contribution in [3.8, 4) is 100 Å². The van der Waals surface area contributed by atoms with Crippen LogP contribution in [-0.2, 0) is 0 Å². The van der Waals surface area contributed by atoms with Crippen LogP contribution in [0.15, 0.2) is 267 Å². The fraction of sp³-hybridized carbons (Fsp3) is 0. The summed E-state index contributed by atoms with van der Waals surface area (Å²) in [6.07, 6.45) is 0. The predicted octanol–water partition coefficient (Wildman–Crippen LogP) is 19.1. The summed E-state index contributed by atoms with van der Waals surface area (Å²) < 4.78 is 2.64. The summed E-state index contributed by atoms with van der Waals surface area (Å²) in [4.78, 5) is 0. The van der Waals surface area contributed by atoms with Crippen LogP contribution >= 0.6 is 11.3 Å². The van der Waals surface area contributed by atoms with E-state index in [0.717, 1.165) is 0 Å². The molecule has 0 aliphatic heterocycles. The van der Waals surface area contributed by atoms with Crippen LogP contribution in [0.3, 0.4) is 0 Å². The van der Waals surface area contributed by atoms with Gasteiger partial charge in [-0.05, 0) is 130 Å². The topological polar surface area (TPSA) is 0 Å². The number of hydrogen-bond donors (Lipinski definition) is 0. The maximum atomic E-state index is 2.32. The smallest absolute Gasteiger partial charge is 0.0434 e. The average molecular weight is 869 g/mol. The summed E-state index contributed by atoms with van der Waals surface area (Å²) >= 11 is 1.90. The molecule has 0 aliphatic rings. The number of fused-ring (bicyclic) bond motifs is 3. The zero-order valence-corrected chi connectivity index (χ0v) is 37.6. The third kappa shape index (κ3) is 7.97. The molecule has 1 heteroatoms. The van der Waals surface area contributed by atoms with Crippen molar-refractivity contribution in [2.45, 2.75) is 0 Å². The SMILES string of the molecule is c1ccc(-c2cccc(-c3cccc(-c4ccc(-c5cccc6c5sc5c(-c7ccc(-c8cccc(-c9cccc(-c%10cccc(-c%11ccccc%11)c%10)c9)c8)cc7)cccc56)cc4)c3)c2)cc1. The van der Waals surface area contributed by atoms with Crippen molar-refractivity contribution in [2.75, 3.05) is 0 Å². The Balaban J connectivity index is 0.806. The number of thiophene rings is 1. The molecular weight excluding hydrogens is 825 g/mol. The lowest BCUT2D eigenvalue weighted by Crippen LogP contribution is -1.85. The molecule has 0 nitrogen and oxygen atoms in total. The lowest BCUT2D eigenvalue weighted by atomic mass is 9.94. The van der Waals surface area contributed by atoms with Crippen molar-refractivity contribution in [1.29, 1.82) is 0 Å². The molecule has 12 rings (SSSR count). The third-order valence-corrected chi connectivity index (χ3v) is 14.4. The minimum Gasteiger partial charge on any atom is -0.134 e. The van der Waals surface area contributed by atoms with Crippen molar-refractivity contribution in [2.24, 2.45) is 0 Å². The third-order valence-electron chi connectivity index (χ3n) is 13.1. The van der Waals surface area contributed by atoms with Gasteiger partial charge in [-0.2, -0.15) is 0 Å². The highest BCUT2D eigenvalue weighted by molar-refractivity contribution is 7.26. The first kappa shape index (κ1) is 40.2. The van der Waals surface area contributed by atoms with E-state index >= 15 is 0 Å². The number of benzene rings is 11. The van der Waals surface area contributed by atoms with E-state index in [2.05, 4.69) is 267 Å². The Hall–Kier alpha value is -8.36. The molecule has 0 radical (unpaired) electrons. The van der Waals surface area contributed by atoms with Gasteiger partial charge in [0.2, 0.25) is 0 Å². The molecule has 1 aromatic heterocycles. The van der Waals surface area contributed by atoms with Gasteiger partial charge in [0.05, 0.1) is 0 Å². The number of rotatable bonds is 9. The zero-order valence-electron chi connectivity index (χ0n) is 36.8. The second-order valence-electron chi connectivity index (χ2n) is 17.3. The van der Waals surface area contributed by atoms with Gasteiger partial charge in [-0.25, -0.2) is 0 Å². The summed E-state index contributed by atoms with van der Waals surface area (Å²) in [6, 6.07) is 97.4. The highest BCUT2D eigenvalue weighted by Gasteiger charge is 2.15. The second kappa shape index (κ2) is 17.6. The Kier molecular flexibility index (Phi) is 10.5. The minimum atomic E-state index is 1.20. The molecule has 0 N–H and O–H groups in total. The first-order chi connectivity index (χ1) is 33.2. The first-order valence-corrected chi connectivity index (χ1v) is 23.8. The maximum absolute atomic E-state index is 2.32. The normalized spacial score (nSPS) is 11.3. The van der Waals surface area contributed by atoms with E-state index in [0.29, 0.717) is 0 Å². The summed E-state index contributed by atoms with van der Waals surface area (Å²) in [5.41, 5.74) is 22.0. The van der Waals surface area contributed by atoms with Crippen LogP contribution in [0.1, 0.15) is 0 Å². The van der Waals surface area contributed by atoms with Gasteiger partial charge < -0.3 is 0 Å². The Morgan fingerprint density at radius 2 is 0.388 bits per heavy atom. The van der Waals surface area contributed by atoms with Gasteiger partial charge in [-0.3, -0.25) is 0 Å². The lowest BCUT2D eigenvalue weighted by molar-refractivity contribution is 1.56. The maximum Gasteiger partial charge on any atom is 0.0434 e. The molecule has 11 aromatic carbocycles. The molecule has 0 saturated heterocycles. The van der Waals surface area contributed by atoms with Crippen molar-refractivity contribution in [3.05, 3.63) is 267 Å². The summed E-state index contributed by atoms with van der Waals surface area (Å²) in [5.74, 6) is 0. The Bertz CT molecular complexity index is 3710. The molecule has 0 atom stereocenters. The molecule has 0 unspecified atom stereocenters. The fourth-order valence-corrected chi connectivity index (χ4v) is 11.0. The molecule has 0 fully saturated rings. The largest absolute Gasteiger partial charge is 0.134 e. The van der Waals surface area contributed by atoms with Gasteiger partial charge in [0.15, 0.2) is 0 Å². The second-order valence-corrected chi connectivity index (χ2v) is 18.3. The lowest BCUT2D eigenvalue weighted by Gasteiger charge is -2.10. The summed E-state index contributed by atoms with van der Waals surface area (Å²) in [7, 11) is 0. The van der Waals surface area contributed by atoms with Crippen LogP contribution in [0.2, 0.25) is 0 Å². The van der Waals surface area contributed by atoms with Crippen LogP contribution < -0.4 is 0 Å². The van der Waals surface area contributed by atoms with Crippen molar-refractivity contribution < 1.29 is 0 Å². The summed E-state index contributed by atoms with van der Waals surface area (Å²) in [6.45, 7) is 0. The van der Waals surface area contributed by atoms with Crippen LogP contribution in [0.25, 0.3) is 120 Å². The molecule has 12 aromatic rings. The average Bonchev–Trinajstić information content (AvgIpc) is 3.81. The van der Waals surface area contributed by atoms with E-state index in [4.69, 9.17) is 0 Å². The van der Waals surface area contributed by atoms with E-state index in [1.54, 1.807) is 0 Å². The van der Waals surface area contributed by atoms with E-state index in [1.807, 2.05) is 11.3 Å². The van der Waals surface area contributed by atoms with Crippen LogP contribution in [0.5, 0.6) is 0 Å². The fourth-order valence-electron chi connectivity index (χ4n) is 9.61. The van der Waals surface area contributed by atoms with Gasteiger partial charge in [-0.1, -0.05) is 237 Å². The van der Waals surface area contributed by atoms with Crippen LogP contribution in [0, 0.1) is 0 Å². The van der Waals surface area contributed by atoms with Crippen molar-refractivity contribution >= 4 is 31.5 Å². The number of hydrogen-bond acceptors (Lipinski definition) is 1. The van der Waals surface area contributed by atoms with E-state index < -0.39 is 0 Å². The molecular formula is C66H44S. The molecule has 0 aliphatic carbocycles. The van der Waals surface area contributed by atoms with E-state index in [1.165, 1.54) is 120 Å². The van der Waals surface area contributed by atoms with Crippen molar-refractivity contribution in [1.82, 2.24) is 0 Å². The molecule has 0 amide bonds. The van der Waals surface area contributed by atoms with Gasteiger partial charge in [0, 0.05) is 20.2 Å². The monoisotopic (exact) mass is 868 g/mol. The van der Waals surface area contributed by atoms with E-state index in [9.17, 15) is 0 Å². The molecule has 314 valence electrons. The standard InChI is InChI=1S/C66H44S/c1-3-14-45(15-4-1)51-18-7-22-55(40-51)57-24-9-20-53(42-57)47-32-36-49(37-33-47)61-28-12-30-63-64-31-13-29-62(66(64)67-65(61)63)50-38-34-48(35-39-50)54-21-10-25-58(43-54)60-27-11-26-59(44-60)56-23-8-19-52(41-56)46-16-5-2-6-17-46/h1-44H. The quantitative estimate of drug-likeness (QED) is 0.136. The van der Waals surface area contributed by atoms with Crippen molar-refractivity contribution in [3.63, 3.8) is 0 Å². The molecule has 0 bridgehead atoms. The summed E-state index contributed by atoms with van der Waals surface area (Å²) in [5, 5.41) is 2.60. The Labute approximate surface area is 396 Å². The Morgan fingerprint density at radius 1 is 0.164 bits per heavy atom. The van der Waals surface area contributed by atoms with E-state index in [-0.39, 0.29) is 0 Å². The van der Waals surface area contributed by atoms with Gasteiger partial charge in [-0.15, -0.1) is 11.3 Å². The molecule has 0 spiro atoms. The van der Waals surface area contributed by atoms with Gasteiger partial charge in [0.1, 0.15) is 0 Å². The minimum absolute atomic E-state index is 1.20. The molecule has 67 heavy (non-hydrogen) atoms. The van der Waals surface area contributed by atoms with Crippen LogP contribution in [-0.4, -0.2) is 0 Å². The molecule has 0 saturated carbocycles. The predicted molar refractivity (Wildman–Crippen MR) is 288 cm³/mol. The zero-order chi connectivity index (χ0) is 44.5.